The summed E-state index contributed by atoms with van der Waals surface area (Å²) in [4.78, 5) is 4.97. The summed E-state index contributed by atoms with van der Waals surface area (Å²) in [6, 6.07) is 7.14. The minimum Gasteiger partial charge on any atom is -0.295 e. The average molecular weight is 342 g/mol. The summed E-state index contributed by atoms with van der Waals surface area (Å²) >= 11 is 0. The van der Waals surface area contributed by atoms with Crippen molar-refractivity contribution in [2.75, 3.05) is 13.1 Å². The first-order chi connectivity index (χ1) is 11.1. The standard InChI is InChI=1S/C19H29F3N2/c1-6-18-12-24(14(4)11-23(18)13(2)3)15(5)16-7-9-17(10-8-16)19(20,21)22/h7-10,13-15,18H,6,11-12H2,1-5H3/t14-,15+,18+/m1/s1. The Morgan fingerprint density at radius 3 is 2.08 bits per heavy atom. The molecule has 0 unspecified atom stereocenters. The minimum atomic E-state index is -4.27. The summed E-state index contributed by atoms with van der Waals surface area (Å²) in [5.74, 6) is 0. The maximum Gasteiger partial charge on any atom is 0.416 e. The molecule has 1 fully saturated rings. The molecule has 0 N–H and O–H groups in total. The maximum atomic E-state index is 12.7. The van der Waals surface area contributed by atoms with E-state index in [0.717, 1.165) is 25.1 Å². The number of alkyl halides is 3. The molecule has 3 atom stereocenters. The molecule has 0 aliphatic carbocycles. The molecule has 2 nitrogen and oxygen atoms in total. The van der Waals surface area contributed by atoms with Gasteiger partial charge in [0.05, 0.1) is 5.56 Å². The second-order valence-corrected chi connectivity index (χ2v) is 7.19. The molecule has 1 heterocycles. The second kappa shape index (κ2) is 7.44. The van der Waals surface area contributed by atoms with E-state index in [9.17, 15) is 13.2 Å². The number of halogens is 3. The number of nitrogens with zero attached hydrogens (tertiary/aromatic N) is 2. The fourth-order valence-corrected chi connectivity index (χ4v) is 3.77. The third kappa shape index (κ3) is 4.12. The van der Waals surface area contributed by atoms with Crippen molar-refractivity contribution in [1.29, 1.82) is 0 Å². The smallest absolute Gasteiger partial charge is 0.295 e. The number of benzene rings is 1. The molecule has 5 heteroatoms. The number of hydrogen-bond acceptors (Lipinski definition) is 2. The predicted octanol–water partition coefficient (Wildman–Crippen LogP) is 4.96. The Hall–Kier alpha value is -1.07. The van der Waals surface area contributed by atoms with Crippen LogP contribution < -0.4 is 0 Å². The van der Waals surface area contributed by atoms with E-state index in [-0.39, 0.29) is 6.04 Å². The molecule has 136 valence electrons. The lowest BCUT2D eigenvalue weighted by molar-refractivity contribution is -0.137. The van der Waals surface area contributed by atoms with Crippen LogP contribution in [-0.4, -0.2) is 41.0 Å². The molecular weight excluding hydrogens is 313 g/mol. The number of rotatable bonds is 4. The molecule has 24 heavy (non-hydrogen) atoms. The highest BCUT2D eigenvalue weighted by molar-refractivity contribution is 5.26. The summed E-state index contributed by atoms with van der Waals surface area (Å²) in [7, 11) is 0. The zero-order valence-corrected chi connectivity index (χ0v) is 15.3. The Kier molecular flexibility index (Phi) is 5.97. The summed E-state index contributed by atoms with van der Waals surface area (Å²) in [6.07, 6.45) is -3.19. The number of piperazine rings is 1. The second-order valence-electron chi connectivity index (χ2n) is 7.19. The molecule has 0 radical (unpaired) electrons. The van der Waals surface area contributed by atoms with Crippen LogP contribution >= 0.6 is 0 Å². The molecule has 0 saturated carbocycles. The molecule has 2 rings (SSSR count). The highest BCUT2D eigenvalue weighted by atomic mass is 19.4. The van der Waals surface area contributed by atoms with Crippen molar-refractivity contribution in [3.05, 3.63) is 35.4 Å². The third-order valence-electron chi connectivity index (χ3n) is 5.28. The van der Waals surface area contributed by atoms with Gasteiger partial charge in [0, 0.05) is 37.3 Å². The molecule has 1 aliphatic rings. The lowest BCUT2D eigenvalue weighted by Crippen LogP contribution is -2.59. The molecule has 0 aromatic heterocycles. The highest BCUT2D eigenvalue weighted by Gasteiger charge is 2.35. The summed E-state index contributed by atoms with van der Waals surface area (Å²) in [5.41, 5.74) is 0.366. The molecule has 0 bridgehead atoms. The SMILES string of the molecule is CC[C@H]1CN([C@@H](C)c2ccc(C(F)(F)F)cc2)[C@H](C)CN1C(C)C. The van der Waals surface area contributed by atoms with Gasteiger partial charge in [-0.2, -0.15) is 13.2 Å². The fourth-order valence-electron chi connectivity index (χ4n) is 3.77. The Bertz CT molecular complexity index is 524. The van der Waals surface area contributed by atoms with Crippen LogP contribution in [0.1, 0.15) is 58.2 Å². The van der Waals surface area contributed by atoms with Crippen molar-refractivity contribution >= 4 is 0 Å². The predicted molar refractivity (Wildman–Crippen MR) is 91.9 cm³/mol. The Balaban J connectivity index is 2.15. The summed E-state index contributed by atoms with van der Waals surface area (Å²) in [6.45, 7) is 12.9. The van der Waals surface area contributed by atoms with E-state index in [0.29, 0.717) is 18.1 Å². The van der Waals surface area contributed by atoms with Gasteiger partial charge in [-0.05, 0) is 51.8 Å². The average Bonchev–Trinajstić information content (AvgIpc) is 2.53. The van der Waals surface area contributed by atoms with Gasteiger partial charge in [0.15, 0.2) is 0 Å². The van der Waals surface area contributed by atoms with Crippen LogP contribution in [0.4, 0.5) is 13.2 Å². The van der Waals surface area contributed by atoms with E-state index in [2.05, 4.69) is 44.4 Å². The van der Waals surface area contributed by atoms with Gasteiger partial charge in [-0.15, -0.1) is 0 Å². The van der Waals surface area contributed by atoms with Crippen LogP contribution in [0, 0.1) is 0 Å². The van der Waals surface area contributed by atoms with Crippen molar-refractivity contribution in [3.63, 3.8) is 0 Å². The van der Waals surface area contributed by atoms with Crippen LogP contribution in [0.5, 0.6) is 0 Å². The topological polar surface area (TPSA) is 6.48 Å². The first-order valence-electron chi connectivity index (χ1n) is 8.83. The largest absolute Gasteiger partial charge is 0.416 e. The van der Waals surface area contributed by atoms with Gasteiger partial charge in [0.25, 0.3) is 0 Å². The van der Waals surface area contributed by atoms with Crippen molar-refractivity contribution in [2.45, 2.75) is 71.4 Å². The lowest BCUT2D eigenvalue weighted by atomic mass is 9.97. The van der Waals surface area contributed by atoms with E-state index in [1.54, 1.807) is 12.1 Å². The minimum absolute atomic E-state index is 0.116. The lowest BCUT2D eigenvalue weighted by Gasteiger charge is -2.49. The van der Waals surface area contributed by atoms with Crippen LogP contribution in [0.15, 0.2) is 24.3 Å². The van der Waals surface area contributed by atoms with Crippen molar-refractivity contribution in [1.82, 2.24) is 9.80 Å². The van der Waals surface area contributed by atoms with Gasteiger partial charge < -0.3 is 0 Å². The van der Waals surface area contributed by atoms with Gasteiger partial charge in [-0.1, -0.05) is 19.1 Å². The van der Waals surface area contributed by atoms with E-state index in [4.69, 9.17) is 0 Å². The zero-order chi connectivity index (χ0) is 18.1. The summed E-state index contributed by atoms with van der Waals surface area (Å²) < 4.78 is 38.2. The molecule has 1 saturated heterocycles. The third-order valence-corrected chi connectivity index (χ3v) is 5.28. The quantitative estimate of drug-likeness (QED) is 0.763. The van der Waals surface area contributed by atoms with Gasteiger partial charge in [0.1, 0.15) is 0 Å². The normalized spacial score (nSPS) is 25.2. The molecule has 1 aliphatic heterocycles. The van der Waals surface area contributed by atoms with Crippen molar-refractivity contribution in [2.24, 2.45) is 0 Å². The van der Waals surface area contributed by atoms with Gasteiger partial charge in [-0.25, -0.2) is 0 Å². The molecule has 0 spiro atoms. The Morgan fingerprint density at radius 2 is 1.62 bits per heavy atom. The van der Waals surface area contributed by atoms with Gasteiger partial charge in [0.2, 0.25) is 0 Å². The van der Waals surface area contributed by atoms with E-state index in [1.165, 1.54) is 12.1 Å². The van der Waals surface area contributed by atoms with E-state index < -0.39 is 11.7 Å². The Labute approximate surface area is 143 Å². The highest BCUT2D eigenvalue weighted by Crippen LogP contribution is 2.32. The first-order valence-corrected chi connectivity index (χ1v) is 8.83. The monoisotopic (exact) mass is 342 g/mol. The zero-order valence-electron chi connectivity index (χ0n) is 15.3. The summed E-state index contributed by atoms with van der Waals surface area (Å²) in [5, 5.41) is 0. The van der Waals surface area contributed by atoms with Gasteiger partial charge >= 0.3 is 6.18 Å². The maximum absolute atomic E-state index is 12.7. The Morgan fingerprint density at radius 1 is 1.04 bits per heavy atom. The number of hydrogen-bond donors (Lipinski definition) is 0. The van der Waals surface area contributed by atoms with Crippen LogP contribution in [0.3, 0.4) is 0 Å². The molecule has 0 amide bonds. The van der Waals surface area contributed by atoms with Gasteiger partial charge in [-0.3, -0.25) is 9.80 Å². The van der Waals surface area contributed by atoms with E-state index >= 15 is 0 Å². The van der Waals surface area contributed by atoms with Crippen molar-refractivity contribution < 1.29 is 13.2 Å². The molecular formula is C19H29F3N2. The van der Waals surface area contributed by atoms with Crippen LogP contribution in [0.25, 0.3) is 0 Å². The van der Waals surface area contributed by atoms with Crippen LogP contribution in [-0.2, 0) is 6.18 Å². The van der Waals surface area contributed by atoms with E-state index in [1.807, 2.05) is 0 Å². The van der Waals surface area contributed by atoms with Crippen molar-refractivity contribution in [3.8, 4) is 0 Å². The molecule has 1 aromatic carbocycles. The first kappa shape index (κ1) is 19.3. The molecule has 1 aromatic rings. The fraction of sp³-hybridized carbons (Fsp3) is 0.684. The van der Waals surface area contributed by atoms with Crippen LogP contribution in [0.2, 0.25) is 0 Å².